The molecule has 3 rings (SSSR count). The Bertz CT molecular complexity index is 751. The van der Waals surface area contributed by atoms with E-state index in [2.05, 4.69) is 22.4 Å². The van der Waals surface area contributed by atoms with E-state index in [1.807, 2.05) is 66.3 Å². The minimum atomic E-state index is -0.0770. The van der Waals surface area contributed by atoms with Gasteiger partial charge in [-0.05, 0) is 18.1 Å². The lowest BCUT2D eigenvalue weighted by atomic mass is 10.1. The van der Waals surface area contributed by atoms with Gasteiger partial charge in [-0.25, -0.2) is 0 Å². The summed E-state index contributed by atoms with van der Waals surface area (Å²) < 4.78 is 1.89. The van der Waals surface area contributed by atoms with Crippen molar-refractivity contribution < 1.29 is 4.84 Å². The molecule has 0 saturated heterocycles. The summed E-state index contributed by atoms with van der Waals surface area (Å²) >= 11 is 0. The van der Waals surface area contributed by atoms with Crippen molar-refractivity contribution in [3.63, 3.8) is 0 Å². The van der Waals surface area contributed by atoms with Crippen LogP contribution in [0.25, 0.3) is 0 Å². The molecule has 1 heterocycles. The normalized spacial score (nSPS) is 12.4. The molecule has 0 fully saturated rings. The lowest BCUT2D eigenvalue weighted by Crippen LogP contribution is -1.99. The van der Waals surface area contributed by atoms with Gasteiger partial charge < -0.3 is 4.84 Å². The predicted octanol–water partition coefficient (Wildman–Crippen LogP) is 4.04. The Morgan fingerprint density at radius 1 is 1.09 bits per heavy atom. The second-order valence-electron chi connectivity index (χ2n) is 5.35. The van der Waals surface area contributed by atoms with E-state index in [9.17, 15) is 0 Å². The lowest BCUT2D eigenvalue weighted by Gasteiger charge is -2.08. The Hall–Kier alpha value is -2.88. The fraction of sp³-hybridized carbons (Fsp3) is 0.158. The SMILES string of the molecule is C[C@@H](O/N=C/c1cnn(Cc2ccccc2)c1)c1ccccc1. The molecule has 0 saturated carbocycles. The van der Waals surface area contributed by atoms with Crippen LogP contribution in [0.15, 0.2) is 78.2 Å². The first-order valence-corrected chi connectivity index (χ1v) is 7.62. The average Bonchev–Trinajstić information content (AvgIpc) is 3.04. The summed E-state index contributed by atoms with van der Waals surface area (Å²) in [6.07, 6.45) is 5.34. The van der Waals surface area contributed by atoms with Gasteiger partial charge in [-0.2, -0.15) is 5.10 Å². The number of oxime groups is 1. The van der Waals surface area contributed by atoms with Crippen molar-refractivity contribution >= 4 is 6.21 Å². The van der Waals surface area contributed by atoms with Gasteiger partial charge in [-0.3, -0.25) is 4.68 Å². The standard InChI is InChI=1S/C19H19N3O/c1-16(19-10-6-3-7-11-19)23-21-13-18-12-20-22(15-18)14-17-8-4-2-5-9-17/h2-13,15-16H,14H2,1H3/b21-13+/t16-/m1/s1. The van der Waals surface area contributed by atoms with Crippen LogP contribution < -0.4 is 0 Å². The molecular formula is C19H19N3O. The van der Waals surface area contributed by atoms with Gasteiger partial charge in [0.05, 0.1) is 19.0 Å². The second kappa shape index (κ2) is 7.40. The highest BCUT2D eigenvalue weighted by Crippen LogP contribution is 2.15. The number of hydrogen-bond donors (Lipinski definition) is 0. The molecule has 0 amide bonds. The topological polar surface area (TPSA) is 39.4 Å². The quantitative estimate of drug-likeness (QED) is 0.509. The van der Waals surface area contributed by atoms with Crippen molar-refractivity contribution in [2.24, 2.45) is 5.16 Å². The Morgan fingerprint density at radius 2 is 1.78 bits per heavy atom. The molecule has 4 nitrogen and oxygen atoms in total. The predicted molar refractivity (Wildman–Crippen MR) is 91.3 cm³/mol. The molecule has 0 unspecified atom stereocenters. The number of rotatable bonds is 6. The van der Waals surface area contributed by atoms with Gasteiger partial charge in [-0.15, -0.1) is 0 Å². The van der Waals surface area contributed by atoms with Crippen LogP contribution in [0.2, 0.25) is 0 Å². The first kappa shape index (κ1) is 15.0. The molecule has 0 spiro atoms. The third kappa shape index (κ3) is 4.30. The first-order valence-electron chi connectivity index (χ1n) is 7.62. The first-order chi connectivity index (χ1) is 11.3. The third-order valence-corrected chi connectivity index (χ3v) is 3.53. The van der Waals surface area contributed by atoms with Crippen molar-refractivity contribution in [1.29, 1.82) is 0 Å². The van der Waals surface area contributed by atoms with Crippen molar-refractivity contribution in [1.82, 2.24) is 9.78 Å². The van der Waals surface area contributed by atoms with E-state index in [1.54, 1.807) is 12.4 Å². The van der Waals surface area contributed by atoms with Gasteiger partial charge in [0.15, 0.2) is 0 Å². The molecule has 0 aliphatic rings. The molecule has 4 heteroatoms. The van der Waals surface area contributed by atoms with E-state index in [4.69, 9.17) is 4.84 Å². The van der Waals surface area contributed by atoms with E-state index in [-0.39, 0.29) is 6.10 Å². The zero-order chi connectivity index (χ0) is 15.9. The minimum absolute atomic E-state index is 0.0770. The number of aromatic nitrogens is 2. The van der Waals surface area contributed by atoms with Crippen LogP contribution in [0, 0.1) is 0 Å². The molecule has 0 aliphatic heterocycles. The van der Waals surface area contributed by atoms with Gasteiger partial charge in [0, 0.05) is 11.8 Å². The lowest BCUT2D eigenvalue weighted by molar-refractivity contribution is 0.0736. The molecule has 2 aromatic carbocycles. The fourth-order valence-corrected chi connectivity index (χ4v) is 2.27. The Balaban J connectivity index is 1.56. The van der Waals surface area contributed by atoms with E-state index < -0.39 is 0 Å². The second-order valence-corrected chi connectivity index (χ2v) is 5.35. The molecule has 1 aromatic heterocycles. The van der Waals surface area contributed by atoms with Gasteiger partial charge in [0.1, 0.15) is 6.10 Å². The maximum absolute atomic E-state index is 5.49. The Morgan fingerprint density at radius 3 is 2.52 bits per heavy atom. The molecule has 0 radical (unpaired) electrons. The summed E-state index contributed by atoms with van der Waals surface area (Å²) in [4.78, 5) is 5.49. The third-order valence-electron chi connectivity index (χ3n) is 3.53. The summed E-state index contributed by atoms with van der Waals surface area (Å²) in [6.45, 7) is 2.72. The van der Waals surface area contributed by atoms with Crippen LogP contribution in [0.3, 0.4) is 0 Å². The van der Waals surface area contributed by atoms with E-state index in [0.29, 0.717) is 0 Å². The van der Waals surface area contributed by atoms with Crippen LogP contribution in [0.4, 0.5) is 0 Å². The van der Waals surface area contributed by atoms with Crippen LogP contribution >= 0.6 is 0 Å². The monoisotopic (exact) mass is 305 g/mol. The zero-order valence-electron chi connectivity index (χ0n) is 13.0. The van der Waals surface area contributed by atoms with Crippen molar-refractivity contribution in [2.45, 2.75) is 19.6 Å². The maximum atomic E-state index is 5.49. The largest absolute Gasteiger partial charge is 0.388 e. The van der Waals surface area contributed by atoms with Crippen molar-refractivity contribution in [2.75, 3.05) is 0 Å². The highest BCUT2D eigenvalue weighted by Gasteiger charge is 2.04. The fourth-order valence-electron chi connectivity index (χ4n) is 2.27. The minimum Gasteiger partial charge on any atom is -0.388 e. The maximum Gasteiger partial charge on any atom is 0.149 e. The molecule has 23 heavy (non-hydrogen) atoms. The van der Waals surface area contributed by atoms with Gasteiger partial charge in [0.2, 0.25) is 0 Å². The molecule has 0 aliphatic carbocycles. The van der Waals surface area contributed by atoms with Gasteiger partial charge >= 0.3 is 0 Å². The highest BCUT2D eigenvalue weighted by molar-refractivity contribution is 5.78. The molecule has 3 aromatic rings. The summed E-state index contributed by atoms with van der Waals surface area (Å²) in [5, 5.41) is 8.40. The number of benzene rings is 2. The van der Waals surface area contributed by atoms with E-state index in [0.717, 1.165) is 17.7 Å². The van der Waals surface area contributed by atoms with Crippen molar-refractivity contribution in [3.05, 3.63) is 89.7 Å². The number of nitrogens with zero attached hydrogens (tertiary/aromatic N) is 3. The summed E-state index contributed by atoms with van der Waals surface area (Å²) in [5.74, 6) is 0. The Kier molecular flexibility index (Phi) is 4.84. The summed E-state index contributed by atoms with van der Waals surface area (Å²) in [5.41, 5.74) is 3.23. The number of hydrogen-bond acceptors (Lipinski definition) is 3. The van der Waals surface area contributed by atoms with Crippen LogP contribution in [0.1, 0.15) is 29.7 Å². The van der Waals surface area contributed by atoms with Crippen molar-refractivity contribution in [3.8, 4) is 0 Å². The van der Waals surface area contributed by atoms with Gasteiger partial charge in [0.25, 0.3) is 0 Å². The smallest absolute Gasteiger partial charge is 0.149 e. The molecular weight excluding hydrogens is 286 g/mol. The van der Waals surface area contributed by atoms with Crippen LogP contribution in [-0.2, 0) is 11.4 Å². The highest BCUT2D eigenvalue weighted by atomic mass is 16.6. The van der Waals surface area contributed by atoms with Crippen LogP contribution in [-0.4, -0.2) is 16.0 Å². The molecule has 116 valence electrons. The molecule has 1 atom stereocenters. The average molecular weight is 305 g/mol. The molecule has 0 N–H and O–H groups in total. The van der Waals surface area contributed by atoms with Gasteiger partial charge in [-0.1, -0.05) is 65.8 Å². The Labute approximate surface area is 136 Å². The summed E-state index contributed by atoms with van der Waals surface area (Å²) in [7, 11) is 0. The van der Waals surface area contributed by atoms with Crippen LogP contribution in [0.5, 0.6) is 0 Å². The summed E-state index contributed by atoms with van der Waals surface area (Å²) in [6, 6.07) is 20.3. The zero-order valence-corrected chi connectivity index (χ0v) is 13.0. The van der Waals surface area contributed by atoms with E-state index in [1.165, 1.54) is 5.56 Å². The molecule has 0 bridgehead atoms. The van der Waals surface area contributed by atoms with E-state index >= 15 is 0 Å².